The number of aromatic carboxylic acids is 1. The molecule has 86 valence electrons. The Morgan fingerprint density at radius 2 is 1.88 bits per heavy atom. The normalized spacial score (nSPS) is 9.94. The second-order valence-electron chi connectivity index (χ2n) is 3.27. The van der Waals surface area contributed by atoms with Crippen molar-refractivity contribution in [1.29, 1.82) is 0 Å². The Kier molecular flexibility index (Phi) is 3.00. The number of ether oxygens (including phenoxy) is 1. The number of hydrogen-bond donors (Lipinski definition) is 1. The summed E-state index contributed by atoms with van der Waals surface area (Å²) in [5, 5.41) is 8.77. The molecule has 0 unspecified atom stereocenters. The number of nitrogens with zero attached hydrogens (tertiary/aromatic N) is 1. The van der Waals surface area contributed by atoms with E-state index in [1.807, 2.05) is 0 Å². The third kappa shape index (κ3) is 2.78. The molecular formula is C12H8FNO3. The maximum absolute atomic E-state index is 12.6. The zero-order valence-corrected chi connectivity index (χ0v) is 8.63. The Labute approximate surface area is 96.3 Å². The molecule has 0 aliphatic carbocycles. The Morgan fingerprint density at radius 1 is 1.18 bits per heavy atom. The zero-order valence-electron chi connectivity index (χ0n) is 8.63. The number of hydrogen-bond acceptors (Lipinski definition) is 3. The second kappa shape index (κ2) is 4.61. The third-order valence-corrected chi connectivity index (χ3v) is 2.01. The van der Waals surface area contributed by atoms with E-state index in [2.05, 4.69) is 4.98 Å². The summed E-state index contributed by atoms with van der Waals surface area (Å²) in [6.45, 7) is 0. The van der Waals surface area contributed by atoms with Crippen LogP contribution >= 0.6 is 0 Å². The summed E-state index contributed by atoms with van der Waals surface area (Å²) in [6.07, 6.45) is 2.61. The van der Waals surface area contributed by atoms with Gasteiger partial charge < -0.3 is 9.84 Å². The van der Waals surface area contributed by atoms with Crippen molar-refractivity contribution in [2.75, 3.05) is 0 Å². The highest BCUT2D eigenvalue weighted by Crippen LogP contribution is 2.21. The minimum absolute atomic E-state index is 0.0320. The van der Waals surface area contributed by atoms with Crippen LogP contribution in [-0.2, 0) is 0 Å². The van der Waals surface area contributed by atoms with Gasteiger partial charge >= 0.3 is 5.97 Å². The van der Waals surface area contributed by atoms with Crippen LogP contribution in [0.15, 0.2) is 42.7 Å². The van der Waals surface area contributed by atoms with Crippen LogP contribution in [0.4, 0.5) is 4.39 Å². The minimum Gasteiger partial charge on any atom is -0.478 e. The standard InChI is InChI=1S/C12H8FNO3/c13-9-1-3-10(4-2-9)17-11-5-8(12(15)16)6-14-7-11/h1-7H,(H,15,16). The van der Waals surface area contributed by atoms with Gasteiger partial charge in [0.05, 0.1) is 11.8 Å². The predicted octanol–water partition coefficient (Wildman–Crippen LogP) is 2.71. The first-order valence-electron chi connectivity index (χ1n) is 4.77. The largest absolute Gasteiger partial charge is 0.478 e. The van der Waals surface area contributed by atoms with E-state index in [0.29, 0.717) is 5.75 Å². The van der Waals surface area contributed by atoms with Crippen molar-refractivity contribution >= 4 is 5.97 Å². The molecular weight excluding hydrogens is 225 g/mol. The average Bonchev–Trinajstić information content (AvgIpc) is 2.32. The van der Waals surface area contributed by atoms with E-state index < -0.39 is 5.97 Å². The topological polar surface area (TPSA) is 59.4 Å². The molecule has 5 heteroatoms. The van der Waals surface area contributed by atoms with Gasteiger partial charge in [0, 0.05) is 6.20 Å². The van der Waals surface area contributed by atoms with Crippen LogP contribution in [-0.4, -0.2) is 16.1 Å². The summed E-state index contributed by atoms with van der Waals surface area (Å²) in [5.74, 6) is -0.746. The summed E-state index contributed by atoms with van der Waals surface area (Å²) < 4.78 is 18.0. The van der Waals surface area contributed by atoms with Gasteiger partial charge in [0.1, 0.15) is 17.3 Å². The van der Waals surface area contributed by atoms with Gasteiger partial charge in [-0.15, -0.1) is 0 Å². The second-order valence-corrected chi connectivity index (χ2v) is 3.27. The first-order valence-corrected chi connectivity index (χ1v) is 4.77. The third-order valence-electron chi connectivity index (χ3n) is 2.01. The molecule has 0 saturated carbocycles. The number of carboxylic acid groups (broad SMARTS) is 1. The fourth-order valence-electron chi connectivity index (χ4n) is 1.23. The molecule has 1 heterocycles. The molecule has 0 radical (unpaired) electrons. The minimum atomic E-state index is -1.08. The Bertz CT molecular complexity index is 540. The molecule has 0 amide bonds. The lowest BCUT2D eigenvalue weighted by molar-refractivity contribution is 0.0696. The van der Waals surface area contributed by atoms with Gasteiger partial charge in [-0.05, 0) is 30.3 Å². The van der Waals surface area contributed by atoms with E-state index in [1.54, 1.807) is 0 Å². The van der Waals surface area contributed by atoms with E-state index in [1.165, 1.54) is 42.7 Å². The fourth-order valence-corrected chi connectivity index (χ4v) is 1.23. The number of aromatic nitrogens is 1. The van der Waals surface area contributed by atoms with Crippen molar-refractivity contribution in [3.8, 4) is 11.5 Å². The Balaban J connectivity index is 2.21. The fraction of sp³-hybridized carbons (Fsp3) is 0. The van der Waals surface area contributed by atoms with E-state index in [9.17, 15) is 9.18 Å². The van der Waals surface area contributed by atoms with E-state index >= 15 is 0 Å². The summed E-state index contributed by atoms with van der Waals surface area (Å²) >= 11 is 0. The molecule has 0 saturated heterocycles. The van der Waals surface area contributed by atoms with Crippen LogP contribution in [0.5, 0.6) is 11.5 Å². The van der Waals surface area contributed by atoms with Gasteiger partial charge in [-0.25, -0.2) is 9.18 Å². The maximum atomic E-state index is 12.6. The lowest BCUT2D eigenvalue weighted by Gasteiger charge is -2.05. The highest BCUT2D eigenvalue weighted by Gasteiger charge is 2.05. The quantitative estimate of drug-likeness (QED) is 0.885. The van der Waals surface area contributed by atoms with Gasteiger partial charge in [-0.3, -0.25) is 4.98 Å². The van der Waals surface area contributed by atoms with Gasteiger partial charge in [0.15, 0.2) is 0 Å². The number of rotatable bonds is 3. The maximum Gasteiger partial charge on any atom is 0.337 e. The van der Waals surface area contributed by atoms with Crippen molar-refractivity contribution < 1.29 is 19.0 Å². The van der Waals surface area contributed by atoms with Crippen LogP contribution in [0.3, 0.4) is 0 Å². The molecule has 0 spiro atoms. The molecule has 4 nitrogen and oxygen atoms in total. The highest BCUT2D eigenvalue weighted by molar-refractivity contribution is 5.87. The monoisotopic (exact) mass is 233 g/mol. The molecule has 17 heavy (non-hydrogen) atoms. The highest BCUT2D eigenvalue weighted by atomic mass is 19.1. The average molecular weight is 233 g/mol. The van der Waals surface area contributed by atoms with Gasteiger partial charge in [0.2, 0.25) is 0 Å². The number of pyridine rings is 1. The van der Waals surface area contributed by atoms with Crippen LogP contribution in [0, 0.1) is 5.82 Å². The predicted molar refractivity (Wildman–Crippen MR) is 57.7 cm³/mol. The van der Waals surface area contributed by atoms with Crippen molar-refractivity contribution in [3.05, 3.63) is 54.1 Å². The molecule has 0 fully saturated rings. The number of benzene rings is 1. The molecule has 2 rings (SSSR count). The van der Waals surface area contributed by atoms with Crippen molar-refractivity contribution in [2.24, 2.45) is 0 Å². The SMILES string of the molecule is O=C(O)c1cncc(Oc2ccc(F)cc2)c1. The first kappa shape index (κ1) is 11.1. The molecule has 1 aromatic heterocycles. The zero-order chi connectivity index (χ0) is 12.3. The van der Waals surface area contributed by atoms with Gasteiger partial charge in [-0.2, -0.15) is 0 Å². The summed E-state index contributed by atoms with van der Waals surface area (Å²) in [4.78, 5) is 14.4. The molecule has 2 aromatic rings. The smallest absolute Gasteiger partial charge is 0.337 e. The number of halogens is 1. The molecule has 1 N–H and O–H groups in total. The van der Waals surface area contributed by atoms with E-state index in [0.717, 1.165) is 0 Å². The van der Waals surface area contributed by atoms with Crippen LogP contribution in [0.1, 0.15) is 10.4 Å². The van der Waals surface area contributed by atoms with Crippen molar-refractivity contribution in [1.82, 2.24) is 4.98 Å². The van der Waals surface area contributed by atoms with E-state index in [4.69, 9.17) is 9.84 Å². The van der Waals surface area contributed by atoms with Gasteiger partial charge in [-0.1, -0.05) is 0 Å². The van der Waals surface area contributed by atoms with E-state index in [-0.39, 0.29) is 17.1 Å². The first-order chi connectivity index (χ1) is 8.15. The number of carbonyl (C=O) groups is 1. The molecule has 0 bridgehead atoms. The van der Waals surface area contributed by atoms with Gasteiger partial charge in [0.25, 0.3) is 0 Å². The molecule has 0 atom stereocenters. The summed E-state index contributed by atoms with van der Waals surface area (Å²) in [7, 11) is 0. The summed E-state index contributed by atoms with van der Waals surface area (Å²) in [5.41, 5.74) is 0.0320. The van der Waals surface area contributed by atoms with Crippen LogP contribution in [0.2, 0.25) is 0 Å². The number of carboxylic acids is 1. The molecule has 0 aliphatic heterocycles. The van der Waals surface area contributed by atoms with Crippen molar-refractivity contribution in [2.45, 2.75) is 0 Å². The van der Waals surface area contributed by atoms with Crippen LogP contribution < -0.4 is 4.74 Å². The Morgan fingerprint density at radius 3 is 2.53 bits per heavy atom. The lowest BCUT2D eigenvalue weighted by Crippen LogP contribution is -1.97. The van der Waals surface area contributed by atoms with Crippen LogP contribution in [0.25, 0.3) is 0 Å². The summed E-state index contributed by atoms with van der Waals surface area (Å²) in [6, 6.07) is 6.75. The lowest BCUT2D eigenvalue weighted by atomic mass is 10.3. The molecule has 1 aromatic carbocycles. The van der Waals surface area contributed by atoms with Crippen molar-refractivity contribution in [3.63, 3.8) is 0 Å². The Hall–Kier alpha value is -2.43. The molecule has 0 aliphatic rings.